The van der Waals surface area contributed by atoms with Gasteiger partial charge < -0.3 is 25.8 Å². The molecule has 0 aromatic carbocycles. The topological polar surface area (TPSA) is 107 Å². The van der Waals surface area contributed by atoms with Gasteiger partial charge in [-0.2, -0.15) is 0 Å². The third-order valence-corrected chi connectivity index (χ3v) is 6.72. The van der Waals surface area contributed by atoms with Gasteiger partial charge in [-0.25, -0.2) is 0 Å². The summed E-state index contributed by atoms with van der Waals surface area (Å²) in [5, 5.41) is 27.3. The van der Waals surface area contributed by atoms with Crippen molar-refractivity contribution in [2.75, 3.05) is 19.6 Å². The summed E-state index contributed by atoms with van der Waals surface area (Å²) in [4.78, 5) is 14.0. The molecule has 5 N–H and O–H groups in total. The molecule has 0 aromatic heterocycles. The van der Waals surface area contributed by atoms with Gasteiger partial charge in [0.25, 0.3) is 0 Å². The summed E-state index contributed by atoms with van der Waals surface area (Å²) in [6, 6.07) is 0. The van der Waals surface area contributed by atoms with Crippen molar-refractivity contribution in [3.63, 3.8) is 0 Å². The second-order valence-corrected chi connectivity index (χ2v) is 8.56. The van der Waals surface area contributed by atoms with Crippen molar-refractivity contribution >= 4 is 13.1 Å². The summed E-state index contributed by atoms with van der Waals surface area (Å²) >= 11 is 0. The third-order valence-electron chi connectivity index (χ3n) is 6.72. The van der Waals surface area contributed by atoms with Crippen LogP contribution in [0, 0.1) is 11.3 Å². The minimum atomic E-state index is -1.32. The average molecular weight is 354 g/mol. The van der Waals surface area contributed by atoms with E-state index in [1.165, 1.54) is 32.1 Å². The number of rotatable bonds is 10. The van der Waals surface area contributed by atoms with E-state index in [-0.39, 0.29) is 6.32 Å². The van der Waals surface area contributed by atoms with Gasteiger partial charge in [-0.05, 0) is 69.3 Å². The van der Waals surface area contributed by atoms with Crippen molar-refractivity contribution in [3.05, 3.63) is 0 Å². The second-order valence-electron chi connectivity index (χ2n) is 8.56. The number of hydrogen-bond acceptors (Lipinski definition) is 5. The molecule has 0 aromatic rings. The van der Waals surface area contributed by atoms with E-state index in [0.29, 0.717) is 31.1 Å². The van der Waals surface area contributed by atoms with E-state index in [1.807, 2.05) is 0 Å². The number of nitrogens with two attached hydrogens (primary N) is 1. The maximum Gasteiger partial charge on any atom is 0.451 e. The number of piperidine rings is 1. The molecule has 1 saturated heterocycles. The number of carbonyl (C=O) groups is 1. The van der Waals surface area contributed by atoms with Crippen molar-refractivity contribution in [2.24, 2.45) is 17.1 Å². The molecule has 0 radical (unpaired) electrons. The molecule has 1 aliphatic heterocycles. The van der Waals surface area contributed by atoms with Crippen LogP contribution in [-0.4, -0.2) is 58.3 Å². The Balaban J connectivity index is 1.74. The van der Waals surface area contributed by atoms with Crippen LogP contribution in [0.5, 0.6) is 0 Å². The average Bonchev–Trinajstić information content (AvgIpc) is 2.49. The minimum absolute atomic E-state index is 0.265. The van der Waals surface area contributed by atoms with Crippen molar-refractivity contribution in [1.29, 1.82) is 0 Å². The van der Waals surface area contributed by atoms with Crippen LogP contribution in [-0.2, 0) is 4.79 Å². The number of hydrogen-bond donors (Lipinski definition) is 4. The fourth-order valence-electron chi connectivity index (χ4n) is 4.26. The highest BCUT2D eigenvalue weighted by Gasteiger charge is 2.40. The first-order valence-electron chi connectivity index (χ1n) is 9.86. The SMILES string of the molecule is CC1(C2CCC2)CCN(CCC(N)(CCCCB(O)O)C(=O)O)CC1. The lowest BCUT2D eigenvalue weighted by atomic mass is 9.62. The fraction of sp³-hybridized carbons (Fsp3) is 0.944. The smallest absolute Gasteiger partial charge is 0.451 e. The Morgan fingerprint density at radius 3 is 2.36 bits per heavy atom. The molecule has 6 nitrogen and oxygen atoms in total. The highest BCUT2D eigenvalue weighted by Crippen LogP contribution is 2.48. The van der Waals surface area contributed by atoms with Crippen LogP contribution in [0.25, 0.3) is 0 Å². The lowest BCUT2D eigenvalue weighted by Gasteiger charge is -2.48. The van der Waals surface area contributed by atoms with E-state index in [0.717, 1.165) is 25.6 Å². The van der Waals surface area contributed by atoms with Gasteiger partial charge >= 0.3 is 13.1 Å². The number of nitrogens with zero attached hydrogens (tertiary/aromatic N) is 1. The largest absolute Gasteiger partial charge is 0.480 e. The number of unbranched alkanes of at least 4 members (excludes halogenated alkanes) is 1. The quantitative estimate of drug-likeness (QED) is 0.351. The molecule has 0 bridgehead atoms. The first-order chi connectivity index (χ1) is 11.8. The van der Waals surface area contributed by atoms with E-state index >= 15 is 0 Å². The Kier molecular flexibility index (Phi) is 7.32. The Morgan fingerprint density at radius 1 is 1.24 bits per heavy atom. The molecule has 1 saturated carbocycles. The van der Waals surface area contributed by atoms with E-state index < -0.39 is 18.6 Å². The van der Waals surface area contributed by atoms with Crippen LogP contribution < -0.4 is 5.73 Å². The summed E-state index contributed by atoms with van der Waals surface area (Å²) in [6.45, 7) is 5.24. The van der Waals surface area contributed by atoms with Gasteiger partial charge in [0, 0.05) is 6.54 Å². The highest BCUT2D eigenvalue weighted by atomic mass is 16.4. The normalized spacial score (nSPS) is 23.7. The molecule has 2 aliphatic rings. The van der Waals surface area contributed by atoms with Crippen LogP contribution in [0.4, 0.5) is 0 Å². The molecule has 1 aliphatic carbocycles. The van der Waals surface area contributed by atoms with Crippen LogP contribution >= 0.6 is 0 Å². The van der Waals surface area contributed by atoms with Crippen LogP contribution in [0.15, 0.2) is 0 Å². The molecule has 0 spiro atoms. The monoisotopic (exact) mass is 354 g/mol. The van der Waals surface area contributed by atoms with Crippen molar-refractivity contribution < 1.29 is 19.9 Å². The Hall–Kier alpha value is -0.625. The summed E-state index contributed by atoms with van der Waals surface area (Å²) in [7, 11) is -1.32. The van der Waals surface area contributed by atoms with Crippen LogP contribution in [0.2, 0.25) is 6.32 Å². The zero-order valence-corrected chi connectivity index (χ0v) is 15.6. The van der Waals surface area contributed by atoms with Gasteiger partial charge in [-0.1, -0.05) is 26.2 Å². The first kappa shape index (κ1) is 20.7. The zero-order valence-electron chi connectivity index (χ0n) is 15.6. The van der Waals surface area contributed by atoms with Gasteiger partial charge in [0.2, 0.25) is 0 Å². The molecule has 1 atom stereocenters. The molecule has 0 amide bonds. The number of aliphatic carboxylic acids is 1. The van der Waals surface area contributed by atoms with Gasteiger partial charge in [-0.3, -0.25) is 4.79 Å². The maximum absolute atomic E-state index is 11.6. The molecule has 2 rings (SSSR count). The van der Waals surface area contributed by atoms with Crippen molar-refractivity contribution in [3.8, 4) is 0 Å². The maximum atomic E-state index is 11.6. The van der Waals surface area contributed by atoms with Crippen LogP contribution in [0.3, 0.4) is 0 Å². The standard InChI is InChI=1S/C18H35BN2O4/c1-17(15-5-4-6-15)8-12-21(13-9-17)14-10-18(20,16(22)23)7-2-3-11-19(24)25/h15,24-25H,2-14,20H2,1H3,(H,22,23). The molecule has 7 heteroatoms. The fourth-order valence-corrected chi connectivity index (χ4v) is 4.26. The predicted molar refractivity (Wildman–Crippen MR) is 99.1 cm³/mol. The number of likely N-dealkylation sites (tertiary alicyclic amines) is 1. The summed E-state index contributed by atoms with van der Waals surface area (Å²) in [5.74, 6) is -0.0579. The molecular weight excluding hydrogens is 319 g/mol. The van der Waals surface area contributed by atoms with Crippen molar-refractivity contribution in [2.45, 2.75) is 76.6 Å². The minimum Gasteiger partial charge on any atom is -0.480 e. The Morgan fingerprint density at radius 2 is 1.88 bits per heavy atom. The van der Waals surface area contributed by atoms with E-state index in [9.17, 15) is 9.90 Å². The van der Waals surface area contributed by atoms with Gasteiger partial charge in [0.15, 0.2) is 0 Å². The molecule has 1 heterocycles. The Bertz CT molecular complexity index is 437. The molecule has 2 fully saturated rings. The Labute approximate surface area is 151 Å². The lowest BCUT2D eigenvalue weighted by Crippen LogP contribution is -2.51. The summed E-state index contributed by atoms with van der Waals surface area (Å²) in [6.07, 6.45) is 8.81. The third kappa shape index (κ3) is 5.68. The molecular formula is C18H35BN2O4. The molecule has 144 valence electrons. The first-order valence-corrected chi connectivity index (χ1v) is 9.86. The summed E-state index contributed by atoms with van der Waals surface area (Å²) < 4.78 is 0. The van der Waals surface area contributed by atoms with Gasteiger partial charge in [0.1, 0.15) is 5.54 Å². The van der Waals surface area contributed by atoms with E-state index in [2.05, 4.69) is 11.8 Å². The lowest BCUT2D eigenvalue weighted by molar-refractivity contribution is -0.144. The summed E-state index contributed by atoms with van der Waals surface area (Å²) in [5.41, 5.74) is 5.42. The number of carboxylic acids is 1. The van der Waals surface area contributed by atoms with E-state index in [4.69, 9.17) is 15.8 Å². The van der Waals surface area contributed by atoms with Gasteiger partial charge in [-0.15, -0.1) is 0 Å². The number of carboxylic acid groups (broad SMARTS) is 1. The van der Waals surface area contributed by atoms with Crippen molar-refractivity contribution in [1.82, 2.24) is 4.90 Å². The predicted octanol–water partition coefficient (Wildman–Crippen LogP) is 1.70. The second kappa shape index (κ2) is 8.84. The molecule has 1 unspecified atom stereocenters. The molecule has 25 heavy (non-hydrogen) atoms. The van der Waals surface area contributed by atoms with Gasteiger partial charge in [0.05, 0.1) is 0 Å². The van der Waals surface area contributed by atoms with Crippen LogP contribution in [0.1, 0.15) is 64.7 Å². The highest BCUT2D eigenvalue weighted by molar-refractivity contribution is 6.40. The zero-order chi connectivity index (χ0) is 18.5. The van der Waals surface area contributed by atoms with E-state index in [1.54, 1.807) is 0 Å².